The summed E-state index contributed by atoms with van der Waals surface area (Å²) in [5.74, 6) is -0.262. The van der Waals surface area contributed by atoms with E-state index in [1.807, 2.05) is 54.6 Å². The van der Waals surface area contributed by atoms with E-state index in [1.54, 1.807) is 24.0 Å². The van der Waals surface area contributed by atoms with Gasteiger partial charge in [0.25, 0.3) is 11.6 Å². The Morgan fingerprint density at radius 1 is 1.10 bits per heavy atom. The minimum atomic E-state index is -0.262. The van der Waals surface area contributed by atoms with Gasteiger partial charge in [-0.1, -0.05) is 53.7 Å². The van der Waals surface area contributed by atoms with Crippen molar-refractivity contribution in [3.05, 3.63) is 90.1 Å². The van der Waals surface area contributed by atoms with Crippen molar-refractivity contribution in [2.75, 3.05) is 5.32 Å². The van der Waals surface area contributed by atoms with Gasteiger partial charge in [-0.05, 0) is 24.6 Å². The van der Waals surface area contributed by atoms with Crippen molar-refractivity contribution in [2.24, 2.45) is 0 Å². The number of nitrogens with zero attached hydrogens (tertiary/aromatic N) is 5. The van der Waals surface area contributed by atoms with Crippen molar-refractivity contribution >= 4 is 22.7 Å². The molecule has 0 unspecified atom stereocenters. The largest absolute Gasteiger partial charge is 0.335 e. The maximum atomic E-state index is 13.4. The molecule has 0 saturated heterocycles. The number of aryl methyl sites for hydroxylation is 1. The summed E-state index contributed by atoms with van der Waals surface area (Å²) in [6.07, 6.45) is 3.12. The van der Waals surface area contributed by atoms with Gasteiger partial charge in [-0.25, -0.2) is 14.6 Å². The number of amides is 1. The summed E-state index contributed by atoms with van der Waals surface area (Å²) in [7, 11) is 0. The molecule has 8 heteroatoms. The Morgan fingerprint density at radius 3 is 2.71 bits per heavy atom. The van der Waals surface area contributed by atoms with Crippen molar-refractivity contribution in [3.63, 3.8) is 0 Å². The van der Waals surface area contributed by atoms with Crippen LogP contribution in [0.1, 0.15) is 21.6 Å². The lowest BCUT2D eigenvalue weighted by molar-refractivity contribution is 0.102. The van der Waals surface area contributed by atoms with Crippen molar-refractivity contribution in [3.8, 4) is 11.3 Å². The topological polar surface area (TPSA) is 98.7 Å². The van der Waals surface area contributed by atoms with Gasteiger partial charge in [-0.15, -0.1) is 0 Å². The average molecular weight is 410 g/mol. The lowest BCUT2D eigenvalue weighted by Crippen LogP contribution is -2.15. The van der Waals surface area contributed by atoms with Gasteiger partial charge in [0.1, 0.15) is 12.7 Å². The van der Waals surface area contributed by atoms with Crippen LogP contribution in [0.25, 0.3) is 22.4 Å². The first-order chi connectivity index (χ1) is 15.2. The summed E-state index contributed by atoms with van der Waals surface area (Å²) < 4.78 is 7.09. The zero-order chi connectivity index (χ0) is 21.2. The number of pyridine rings is 1. The van der Waals surface area contributed by atoms with Crippen LogP contribution in [0.3, 0.4) is 0 Å². The Bertz CT molecular complexity index is 1360. The second-order valence-corrected chi connectivity index (χ2v) is 7.07. The number of hydrogen-bond donors (Lipinski definition) is 1. The molecule has 1 N–H and O–H groups in total. The predicted octanol–water partition coefficient (Wildman–Crippen LogP) is 4.09. The Morgan fingerprint density at radius 2 is 1.90 bits per heavy atom. The molecule has 5 aromatic rings. The molecule has 2 aromatic carbocycles. The number of para-hydroxylation sites is 1. The highest BCUT2D eigenvalue weighted by atomic mass is 16.5. The molecule has 0 fully saturated rings. The SMILES string of the molecule is Cc1noc2nc(-c3ccccc3)cc(C(=O)Nc3ccccc3Cn3cncn3)c12. The Hall–Kier alpha value is -4.33. The van der Waals surface area contributed by atoms with Crippen molar-refractivity contribution < 1.29 is 9.32 Å². The van der Waals surface area contributed by atoms with Crippen LogP contribution in [0.5, 0.6) is 0 Å². The summed E-state index contributed by atoms with van der Waals surface area (Å²) in [5.41, 5.74) is 4.55. The lowest BCUT2D eigenvalue weighted by Gasteiger charge is -2.12. The monoisotopic (exact) mass is 410 g/mol. The van der Waals surface area contributed by atoms with E-state index in [-0.39, 0.29) is 5.91 Å². The third-order valence-corrected chi connectivity index (χ3v) is 5.00. The molecule has 0 radical (unpaired) electrons. The molecule has 0 aliphatic heterocycles. The molecular weight excluding hydrogens is 392 g/mol. The summed E-state index contributed by atoms with van der Waals surface area (Å²) in [6.45, 7) is 2.29. The number of hydrogen-bond acceptors (Lipinski definition) is 6. The number of carbonyl (C=O) groups is 1. The molecule has 152 valence electrons. The fourth-order valence-corrected chi connectivity index (χ4v) is 3.49. The summed E-state index contributed by atoms with van der Waals surface area (Å²) in [5, 5.41) is 11.8. The van der Waals surface area contributed by atoms with Gasteiger partial charge in [-0.3, -0.25) is 4.79 Å². The number of rotatable bonds is 5. The first-order valence-corrected chi connectivity index (χ1v) is 9.73. The molecule has 0 aliphatic carbocycles. The number of fused-ring (bicyclic) bond motifs is 1. The van der Waals surface area contributed by atoms with E-state index in [4.69, 9.17) is 4.52 Å². The minimum absolute atomic E-state index is 0.262. The highest BCUT2D eigenvalue weighted by Gasteiger charge is 2.20. The predicted molar refractivity (Wildman–Crippen MR) is 115 cm³/mol. The van der Waals surface area contributed by atoms with Gasteiger partial charge < -0.3 is 9.84 Å². The molecule has 0 spiro atoms. The number of benzene rings is 2. The Balaban J connectivity index is 1.54. The lowest BCUT2D eigenvalue weighted by atomic mass is 10.0. The summed E-state index contributed by atoms with van der Waals surface area (Å²) in [6, 6.07) is 19.0. The first kappa shape index (κ1) is 18.7. The van der Waals surface area contributed by atoms with Crippen LogP contribution in [-0.2, 0) is 6.54 Å². The van der Waals surface area contributed by atoms with Gasteiger partial charge in [-0.2, -0.15) is 5.10 Å². The van der Waals surface area contributed by atoms with Gasteiger partial charge in [0.05, 0.1) is 28.9 Å². The quantitative estimate of drug-likeness (QED) is 0.469. The zero-order valence-corrected chi connectivity index (χ0v) is 16.7. The number of carbonyl (C=O) groups excluding carboxylic acids is 1. The van der Waals surface area contributed by atoms with E-state index in [1.165, 1.54) is 6.33 Å². The van der Waals surface area contributed by atoms with Crippen molar-refractivity contribution in [2.45, 2.75) is 13.5 Å². The van der Waals surface area contributed by atoms with E-state index in [2.05, 4.69) is 25.5 Å². The molecule has 0 atom stereocenters. The van der Waals surface area contributed by atoms with Crippen molar-refractivity contribution in [1.82, 2.24) is 24.9 Å². The Kier molecular flexibility index (Phi) is 4.72. The molecule has 1 amide bonds. The maximum Gasteiger partial charge on any atom is 0.259 e. The normalized spacial score (nSPS) is 11.0. The molecule has 8 nitrogen and oxygen atoms in total. The molecule has 3 heterocycles. The smallest absolute Gasteiger partial charge is 0.259 e. The van der Waals surface area contributed by atoms with Crippen LogP contribution in [0.15, 0.2) is 77.8 Å². The van der Waals surface area contributed by atoms with Crippen LogP contribution in [-0.4, -0.2) is 30.8 Å². The van der Waals surface area contributed by atoms with Gasteiger partial charge >= 0.3 is 0 Å². The number of aromatic nitrogens is 5. The van der Waals surface area contributed by atoms with Crippen LogP contribution in [0, 0.1) is 6.92 Å². The van der Waals surface area contributed by atoms with Crippen LogP contribution >= 0.6 is 0 Å². The van der Waals surface area contributed by atoms with Gasteiger partial charge in [0, 0.05) is 11.3 Å². The van der Waals surface area contributed by atoms with E-state index in [9.17, 15) is 4.79 Å². The van der Waals surface area contributed by atoms with E-state index < -0.39 is 0 Å². The van der Waals surface area contributed by atoms with Crippen molar-refractivity contribution in [1.29, 1.82) is 0 Å². The van der Waals surface area contributed by atoms with Gasteiger partial charge in [0.2, 0.25) is 0 Å². The standard InChI is InChI=1S/C23H18N6O2/c1-15-21-18(11-20(27-23(21)31-28-15)16-7-3-2-4-8-16)22(30)26-19-10-6-5-9-17(19)12-29-14-24-13-25-29/h2-11,13-14H,12H2,1H3,(H,26,30). The molecular formula is C23H18N6O2. The zero-order valence-electron chi connectivity index (χ0n) is 16.7. The molecule has 31 heavy (non-hydrogen) atoms. The Labute approximate surface area is 177 Å². The van der Waals surface area contributed by atoms with Gasteiger partial charge in [0.15, 0.2) is 0 Å². The van der Waals surface area contributed by atoms with Crippen LogP contribution in [0.4, 0.5) is 5.69 Å². The van der Waals surface area contributed by atoms with Crippen LogP contribution in [0.2, 0.25) is 0 Å². The molecule has 0 bridgehead atoms. The van der Waals surface area contributed by atoms with E-state index in [0.717, 1.165) is 11.1 Å². The second kappa shape index (κ2) is 7.83. The third kappa shape index (κ3) is 3.66. The fourth-order valence-electron chi connectivity index (χ4n) is 3.49. The minimum Gasteiger partial charge on any atom is -0.335 e. The fraction of sp³-hybridized carbons (Fsp3) is 0.0870. The highest BCUT2D eigenvalue weighted by Crippen LogP contribution is 2.28. The highest BCUT2D eigenvalue weighted by molar-refractivity contribution is 6.13. The first-order valence-electron chi connectivity index (χ1n) is 9.73. The van der Waals surface area contributed by atoms with E-state index >= 15 is 0 Å². The average Bonchev–Trinajstić information content (AvgIpc) is 3.45. The molecule has 0 aliphatic rings. The second-order valence-electron chi connectivity index (χ2n) is 7.07. The summed E-state index contributed by atoms with van der Waals surface area (Å²) >= 11 is 0. The molecule has 5 rings (SSSR count). The number of anilines is 1. The maximum absolute atomic E-state index is 13.4. The van der Waals surface area contributed by atoms with E-state index in [0.29, 0.717) is 40.3 Å². The third-order valence-electron chi connectivity index (χ3n) is 5.00. The molecule has 0 saturated carbocycles. The summed E-state index contributed by atoms with van der Waals surface area (Å²) in [4.78, 5) is 21.9. The molecule has 3 aromatic heterocycles. The number of nitrogens with one attached hydrogen (secondary N) is 1. The van der Waals surface area contributed by atoms with Crippen LogP contribution < -0.4 is 5.32 Å².